The lowest BCUT2D eigenvalue weighted by Crippen LogP contribution is -2.02. The molecule has 0 aromatic heterocycles. The number of Topliss-reactive ketones (excluding diaryl/α,β-unsaturated/α-hetero) is 1. The number of halogens is 1. The van der Waals surface area contributed by atoms with Crippen molar-refractivity contribution in [2.75, 3.05) is 6.61 Å². The van der Waals surface area contributed by atoms with Crippen molar-refractivity contribution in [2.24, 2.45) is 0 Å². The van der Waals surface area contributed by atoms with Crippen molar-refractivity contribution in [3.05, 3.63) is 29.6 Å². The zero-order chi connectivity index (χ0) is 10.6. The highest BCUT2D eigenvalue weighted by Gasteiger charge is 2.00. The Morgan fingerprint density at radius 3 is 2.79 bits per heavy atom. The van der Waals surface area contributed by atoms with Crippen molar-refractivity contribution < 1.29 is 13.9 Å². The van der Waals surface area contributed by atoms with Crippen LogP contribution >= 0.6 is 0 Å². The summed E-state index contributed by atoms with van der Waals surface area (Å²) in [4.78, 5) is 10.6. The third-order valence-corrected chi connectivity index (χ3v) is 1.85. The second-order valence-corrected chi connectivity index (χ2v) is 3.21. The minimum atomic E-state index is -0.246. The molecule has 1 aromatic carbocycles. The molecule has 0 aliphatic rings. The summed E-state index contributed by atoms with van der Waals surface area (Å²) in [5.74, 6) is 0.443. The molecule has 0 spiro atoms. The molecule has 2 nitrogen and oxygen atoms in total. The van der Waals surface area contributed by atoms with Crippen LogP contribution in [0.3, 0.4) is 0 Å². The Bertz CT molecular complexity index is 334. The van der Waals surface area contributed by atoms with Crippen molar-refractivity contribution >= 4 is 5.78 Å². The van der Waals surface area contributed by atoms with Gasteiger partial charge in [-0.3, -0.25) is 4.79 Å². The fourth-order valence-corrected chi connectivity index (χ4v) is 1.02. The molecule has 3 heteroatoms. The third kappa shape index (κ3) is 3.17. The van der Waals surface area contributed by atoms with Gasteiger partial charge >= 0.3 is 0 Å². The van der Waals surface area contributed by atoms with Crippen molar-refractivity contribution in [2.45, 2.75) is 20.3 Å². The number of hydrogen-bond donors (Lipinski definition) is 0. The molecule has 0 N–H and O–H groups in total. The predicted octanol–water partition coefficient (Wildman–Crippen LogP) is 2.49. The molecule has 0 saturated heterocycles. The molecule has 1 rings (SSSR count). The highest BCUT2D eigenvalue weighted by Crippen LogP contribution is 2.15. The fraction of sp³-hybridized carbons (Fsp3) is 0.364. The largest absolute Gasteiger partial charge is 0.493 e. The number of carbonyl (C=O) groups is 1. The van der Waals surface area contributed by atoms with Gasteiger partial charge in [-0.05, 0) is 37.6 Å². The second-order valence-electron chi connectivity index (χ2n) is 3.21. The van der Waals surface area contributed by atoms with Crippen molar-refractivity contribution in [3.63, 3.8) is 0 Å². The Morgan fingerprint density at radius 1 is 1.50 bits per heavy atom. The van der Waals surface area contributed by atoms with Crippen LogP contribution in [-0.4, -0.2) is 12.4 Å². The van der Waals surface area contributed by atoms with E-state index < -0.39 is 0 Å². The van der Waals surface area contributed by atoms with Gasteiger partial charge in [0.05, 0.1) is 6.61 Å². The van der Waals surface area contributed by atoms with E-state index in [1.54, 1.807) is 19.1 Å². The average Bonchev–Trinajstić information content (AvgIpc) is 2.10. The number of ketones is 1. The van der Waals surface area contributed by atoms with Crippen LogP contribution in [0.2, 0.25) is 0 Å². The summed E-state index contributed by atoms with van der Waals surface area (Å²) < 4.78 is 18.1. The monoisotopic (exact) mass is 196 g/mol. The Hall–Kier alpha value is -1.38. The minimum absolute atomic E-state index is 0.0869. The minimum Gasteiger partial charge on any atom is -0.493 e. The zero-order valence-electron chi connectivity index (χ0n) is 8.34. The molecule has 1 aromatic rings. The predicted molar refractivity (Wildman–Crippen MR) is 51.9 cm³/mol. The van der Waals surface area contributed by atoms with Crippen molar-refractivity contribution in [1.29, 1.82) is 0 Å². The van der Waals surface area contributed by atoms with E-state index in [0.29, 0.717) is 24.3 Å². The summed E-state index contributed by atoms with van der Waals surface area (Å²) in [5.41, 5.74) is 0.547. The fourth-order valence-electron chi connectivity index (χ4n) is 1.02. The van der Waals surface area contributed by atoms with Crippen LogP contribution in [0.4, 0.5) is 4.39 Å². The summed E-state index contributed by atoms with van der Waals surface area (Å²) >= 11 is 0. The van der Waals surface area contributed by atoms with Crippen molar-refractivity contribution in [1.82, 2.24) is 0 Å². The molecule has 76 valence electrons. The third-order valence-electron chi connectivity index (χ3n) is 1.85. The van der Waals surface area contributed by atoms with Gasteiger partial charge < -0.3 is 4.74 Å². The number of hydrogen-bond acceptors (Lipinski definition) is 2. The van der Waals surface area contributed by atoms with Gasteiger partial charge in [-0.1, -0.05) is 0 Å². The molecule has 0 heterocycles. The SMILES string of the molecule is CC(=O)CCOc1ccc(F)c(C)c1. The number of benzene rings is 1. The van der Waals surface area contributed by atoms with Gasteiger partial charge in [0.25, 0.3) is 0 Å². The highest BCUT2D eigenvalue weighted by molar-refractivity contribution is 5.75. The van der Waals surface area contributed by atoms with Crippen LogP contribution in [0, 0.1) is 12.7 Å². The lowest BCUT2D eigenvalue weighted by molar-refractivity contribution is -0.117. The summed E-state index contributed by atoms with van der Waals surface area (Å²) in [6.45, 7) is 3.53. The van der Waals surface area contributed by atoms with Crippen LogP contribution in [0.5, 0.6) is 5.75 Å². The summed E-state index contributed by atoms with van der Waals surface area (Å²) in [5, 5.41) is 0. The maximum absolute atomic E-state index is 12.8. The van der Waals surface area contributed by atoms with Crippen LogP contribution in [-0.2, 0) is 4.79 Å². The summed E-state index contributed by atoms with van der Waals surface area (Å²) in [6, 6.07) is 4.54. The average molecular weight is 196 g/mol. The smallest absolute Gasteiger partial charge is 0.133 e. The molecule has 0 amide bonds. The standard InChI is InChI=1S/C11H13FO2/c1-8-7-10(3-4-11(8)12)14-6-5-9(2)13/h3-4,7H,5-6H2,1-2H3. The first-order valence-corrected chi connectivity index (χ1v) is 4.48. The summed E-state index contributed by atoms with van der Waals surface area (Å²) in [7, 11) is 0. The van der Waals surface area contributed by atoms with E-state index in [1.165, 1.54) is 13.0 Å². The molecule has 0 aliphatic heterocycles. The Labute approximate surface area is 82.7 Å². The number of ether oxygens (including phenoxy) is 1. The maximum Gasteiger partial charge on any atom is 0.133 e. The van der Waals surface area contributed by atoms with E-state index in [0.717, 1.165) is 0 Å². The quantitative estimate of drug-likeness (QED) is 0.739. The van der Waals surface area contributed by atoms with Crippen LogP contribution in [0.1, 0.15) is 18.9 Å². The molecule has 0 atom stereocenters. The molecule has 0 radical (unpaired) electrons. The highest BCUT2D eigenvalue weighted by atomic mass is 19.1. The topological polar surface area (TPSA) is 26.3 Å². The number of carbonyl (C=O) groups excluding carboxylic acids is 1. The first kappa shape index (κ1) is 10.7. The first-order chi connectivity index (χ1) is 6.59. The van der Waals surface area contributed by atoms with E-state index in [4.69, 9.17) is 4.74 Å². The number of rotatable bonds is 4. The van der Waals surface area contributed by atoms with E-state index in [2.05, 4.69) is 0 Å². The van der Waals surface area contributed by atoms with Crippen LogP contribution < -0.4 is 4.74 Å². The normalized spacial score (nSPS) is 9.93. The molecule has 0 bridgehead atoms. The summed E-state index contributed by atoms with van der Waals surface area (Å²) in [6.07, 6.45) is 0.385. The van der Waals surface area contributed by atoms with Gasteiger partial charge in [0.1, 0.15) is 17.3 Å². The zero-order valence-corrected chi connectivity index (χ0v) is 8.34. The maximum atomic E-state index is 12.8. The molecule has 0 aliphatic carbocycles. The van der Waals surface area contributed by atoms with Gasteiger partial charge in [-0.2, -0.15) is 0 Å². The van der Waals surface area contributed by atoms with Gasteiger partial charge in [-0.15, -0.1) is 0 Å². The van der Waals surface area contributed by atoms with E-state index in [9.17, 15) is 9.18 Å². The Kier molecular flexibility index (Phi) is 3.63. The molecule has 14 heavy (non-hydrogen) atoms. The van der Waals surface area contributed by atoms with Crippen molar-refractivity contribution in [3.8, 4) is 5.75 Å². The molecule has 0 saturated carbocycles. The van der Waals surface area contributed by atoms with Gasteiger partial charge in [-0.25, -0.2) is 4.39 Å². The lowest BCUT2D eigenvalue weighted by atomic mass is 10.2. The Morgan fingerprint density at radius 2 is 2.21 bits per heavy atom. The van der Waals surface area contributed by atoms with Gasteiger partial charge in [0.2, 0.25) is 0 Å². The second kappa shape index (κ2) is 4.74. The molecular weight excluding hydrogens is 183 g/mol. The van der Waals surface area contributed by atoms with E-state index in [-0.39, 0.29) is 11.6 Å². The van der Waals surface area contributed by atoms with E-state index in [1.807, 2.05) is 0 Å². The first-order valence-electron chi connectivity index (χ1n) is 4.48. The Balaban J connectivity index is 2.51. The lowest BCUT2D eigenvalue weighted by Gasteiger charge is -2.05. The molecule has 0 unspecified atom stereocenters. The number of aryl methyl sites for hydroxylation is 1. The van der Waals surface area contributed by atoms with Gasteiger partial charge in [0.15, 0.2) is 0 Å². The van der Waals surface area contributed by atoms with Gasteiger partial charge in [0, 0.05) is 6.42 Å². The van der Waals surface area contributed by atoms with Crippen LogP contribution in [0.25, 0.3) is 0 Å². The van der Waals surface area contributed by atoms with E-state index >= 15 is 0 Å². The van der Waals surface area contributed by atoms with Crippen LogP contribution in [0.15, 0.2) is 18.2 Å². The molecular formula is C11H13FO2. The molecule has 0 fully saturated rings.